The van der Waals surface area contributed by atoms with Gasteiger partial charge in [-0.2, -0.15) is 0 Å². The predicted molar refractivity (Wildman–Crippen MR) is 71.2 cm³/mol. The number of nitrogens with zero attached hydrogens (tertiary/aromatic N) is 1. The molecule has 3 nitrogen and oxygen atoms in total. The lowest BCUT2D eigenvalue weighted by atomic mass is 9.89. The molecule has 4 heteroatoms. The summed E-state index contributed by atoms with van der Waals surface area (Å²) in [4.78, 5) is 6.03. The van der Waals surface area contributed by atoms with Gasteiger partial charge in [-0.3, -0.25) is 0 Å². The molecule has 0 bridgehead atoms. The Balaban J connectivity index is 2.34. The van der Waals surface area contributed by atoms with Crippen LogP contribution in [0.5, 0.6) is 0 Å². The average molecular weight is 254 g/mol. The number of rotatable bonds is 2. The van der Waals surface area contributed by atoms with Crippen LogP contribution in [-0.2, 0) is 11.2 Å². The molecule has 0 radical (unpaired) electrons. The predicted octanol–water partition coefficient (Wildman–Crippen LogP) is 3.21. The number of aryl methyl sites for hydroxylation is 1. The number of nitrogens with two attached hydrogens (primary N) is 1. The molecule has 0 aromatic carbocycles. The summed E-state index contributed by atoms with van der Waals surface area (Å²) in [6.07, 6.45) is 3.37. The van der Waals surface area contributed by atoms with Gasteiger partial charge in [0.05, 0.1) is 5.69 Å². The van der Waals surface area contributed by atoms with Crippen molar-refractivity contribution in [3.05, 3.63) is 15.6 Å². The van der Waals surface area contributed by atoms with E-state index in [4.69, 9.17) is 15.5 Å². The zero-order chi connectivity index (χ0) is 12.6. The second-order valence-corrected chi connectivity index (χ2v) is 6.91. The van der Waals surface area contributed by atoms with Crippen molar-refractivity contribution in [3.8, 4) is 0 Å². The van der Waals surface area contributed by atoms with Crippen LogP contribution in [-0.4, -0.2) is 12.1 Å². The van der Waals surface area contributed by atoms with Gasteiger partial charge in [-0.1, -0.05) is 20.8 Å². The lowest BCUT2D eigenvalue weighted by molar-refractivity contribution is 0.0149. The van der Waals surface area contributed by atoms with Gasteiger partial charge in [-0.15, -0.1) is 11.3 Å². The summed E-state index contributed by atoms with van der Waals surface area (Å²) >= 11 is 1.74. The summed E-state index contributed by atoms with van der Waals surface area (Å²) in [5.74, 6) is 0. The minimum atomic E-state index is 0.0605. The van der Waals surface area contributed by atoms with Gasteiger partial charge < -0.3 is 10.5 Å². The summed E-state index contributed by atoms with van der Waals surface area (Å²) in [7, 11) is 1.76. The van der Waals surface area contributed by atoms with Crippen molar-refractivity contribution in [2.45, 2.75) is 52.2 Å². The number of fused-ring (bicyclic) bond motifs is 1. The van der Waals surface area contributed by atoms with Gasteiger partial charge in [-0.05, 0) is 24.7 Å². The Morgan fingerprint density at radius 2 is 2.18 bits per heavy atom. The molecule has 1 heterocycles. The summed E-state index contributed by atoms with van der Waals surface area (Å²) in [6, 6.07) is 0.183. The monoisotopic (exact) mass is 254 g/mol. The molecule has 1 aromatic rings. The first kappa shape index (κ1) is 13.0. The van der Waals surface area contributed by atoms with E-state index in [1.165, 1.54) is 10.6 Å². The normalized spacial score (nSPS) is 22.3. The Labute approximate surface area is 107 Å². The SMILES string of the molecule is COC(c1nc2c(s1)C(N)CCC2)C(C)(C)C. The van der Waals surface area contributed by atoms with Crippen molar-refractivity contribution in [1.82, 2.24) is 4.98 Å². The Morgan fingerprint density at radius 1 is 1.47 bits per heavy atom. The number of hydrogen-bond donors (Lipinski definition) is 1. The Morgan fingerprint density at radius 3 is 2.71 bits per heavy atom. The number of thiazole rings is 1. The quantitative estimate of drug-likeness (QED) is 0.881. The first-order valence-electron chi connectivity index (χ1n) is 6.21. The van der Waals surface area contributed by atoms with Crippen molar-refractivity contribution < 1.29 is 4.74 Å². The highest BCUT2D eigenvalue weighted by Gasteiger charge is 2.31. The van der Waals surface area contributed by atoms with Crippen LogP contribution in [0.1, 0.15) is 61.3 Å². The molecule has 0 fully saturated rings. The van der Waals surface area contributed by atoms with Gasteiger partial charge in [0.25, 0.3) is 0 Å². The molecule has 17 heavy (non-hydrogen) atoms. The van der Waals surface area contributed by atoms with E-state index in [-0.39, 0.29) is 17.6 Å². The van der Waals surface area contributed by atoms with Crippen LogP contribution < -0.4 is 5.73 Å². The van der Waals surface area contributed by atoms with Crippen LogP contribution in [0.3, 0.4) is 0 Å². The van der Waals surface area contributed by atoms with E-state index in [9.17, 15) is 0 Å². The molecule has 1 aromatic heterocycles. The van der Waals surface area contributed by atoms with Crippen LogP contribution in [0.4, 0.5) is 0 Å². The minimum absolute atomic E-state index is 0.0605. The standard InChI is InChI=1S/C13H22N2OS/c1-13(2,3)11(16-4)12-15-9-7-5-6-8(14)10(9)17-12/h8,11H,5-7,14H2,1-4H3. The van der Waals surface area contributed by atoms with Crippen molar-refractivity contribution in [2.75, 3.05) is 7.11 Å². The maximum atomic E-state index is 6.14. The molecular weight excluding hydrogens is 232 g/mol. The van der Waals surface area contributed by atoms with Gasteiger partial charge in [-0.25, -0.2) is 4.98 Å². The number of ether oxygens (including phenoxy) is 1. The van der Waals surface area contributed by atoms with Crippen molar-refractivity contribution in [1.29, 1.82) is 0 Å². The fourth-order valence-electron chi connectivity index (χ4n) is 2.41. The van der Waals surface area contributed by atoms with E-state index < -0.39 is 0 Å². The molecule has 0 aliphatic heterocycles. The maximum absolute atomic E-state index is 6.14. The van der Waals surface area contributed by atoms with Crippen molar-refractivity contribution in [3.63, 3.8) is 0 Å². The van der Waals surface area contributed by atoms with Crippen LogP contribution in [0.2, 0.25) is 0 Å². The van der Waals surface area contributed by atoms with E-state index in [1.54, 1.807) is 18.4 Å². The number of hydrogen-bond acceptors (Lipinski definition) is 4. The lowest BCUT2D eigenvalue weighted by Crippen LogP contribution is -2.20. The Bertz CT molecular complexity index is 395. The number of aromatic nitrogens is 1. The van der Waals surface area contributed by atoms with Crippen LogP contribution in [0, 0.1) is 5.41 Å². The zero-order valence-electron chi connectivity index (χ0n) is 11.1. The molecule has 96 valence electrons. The van der Waals surface area contributed by atoms with E-state index in [2.05, 4.69) is 20.8 Å². The Hall–Kier alpha value is -0.450. The molecular formula is C13H22N2OS. The van der Waals surface area contributed by atoms with Gasteiger partial charge in [0, 0.05) is 18.0 Å². The van der Waals surface area contributed by atoms with E-state index in [0.717, 1.165) is 24.3 Å². The first-order chi connectivity index (χ1) is 7.93. The molecule has 1 aliphatic rings. The highest BCUT2D eigenvalue weighted by atomic mass is 32.1. The molecule has 0 saturated carbocycles. The van der Waals surface area contributed by atoms with Gasteiger partial charge in [0.15, 0.2) is 0 Å². The van der Waals surface area contributed by atoms with Crippen LogP contribution in [0.15, 0.2) is 0 Å². The molecule has 2 rings (SSSR count). The molecule has 0 spiro atoms. The third-order valence-electron chi connectivity index (χ3n) is 3.26. The smallest absolute Gasteiger partial charge is 0.123 e. The second kappa shape index (κ2) is 4.67. The molecule has 1 aliphatic carbocycles. The van der Waals surface area contributed by atoms with Gasteiger partial charge >= 0.3 is 0 Å². The summed E-state index contributed by atoms with van der Waals surface area (Å²) in [6.45, 7) is 6.55. The first-order valence-corrected chi connectivity index (χ1v) is 7.03. The zero-order valence-corrected chi connectivity index (χ0v) is 11.9. The fraction of sp³-hybridized carbons (Fsp3) is 0.769. The largest absolute Gasteiger partial charge is 0.374 e. The lowest BCUT2D eigenvalue weighted by Gasteiger charge is -2.27. The fourth-order valence-corrected chi connectivity index (χ4v) is 3.88. The summed E-state index contributed by atoms with van der Waals surface area (Å²) in [5, 5.41) is 1.09. The average Bonchev–Trinajstić information content (AvgIpc) is 2.61. The second-order valence-electron chi connectivity index (χ2n) is 5.84. The summed E-state index contributed by atoms with van der Waals surface area (Å²) < 4.78 is 5.62. The number of methoxy groups -OCH3 is 1. The van der Waals surface area contributed by atoms with Crippen molar-refractivity contribution >= 4 is 11.3 Å². The minimum Gasteiger partial charge on any atom is -0.374 e. The molecule has 2 atom stereocenters. The van der Waals surface area contributed by atoms with Crippen LogP contribution in [0.25, 0.3) is 0 Å². The topological polar surface area (TPSA) is 48.1 Å². The maximum Gasteiger partial charge on any atom is 0.123 e. The Kier molecular flexibility index (Phi) is 3.57. The van der Waals surface area contributed by atoms with Crippen LogP contribution >= 0.6 is 11.3 Å². The third kappa shape index (κ3) is 2.54. The van der Waals surface area contributed by atoms with E-state index in [1.807, 2.05) is 0 Å². The molecule has 0 amide bonds. The van der Waals surface area contributed by atoms with E-state index >= 15 is 0 Å². The van der Waals surface area contributed by atoms with E-state index in [0.29, 0.717) is 0 Å². The van der Waals surface area contributed by atoms with Gasteiger partial charge in [0.2, 0.25) is 0 Å². The van der Waals surface area contributed by atoms with Crippen molar-refractivity contribution in [2.24, 2.45) is 11.1 Å². The summed E-state index contributed by atoms with van der Waals surface area (Å²) in [5.41, 5.74) is 7.41. The molecule has 0 saturated heterocycles. The van der Waals surface area contributed by atoms with Gasteiger partial charge in [0.1, 0.15) is 11.1 Å². The third-order valence-corrected chi connectivity index (χ3v) is 4.53. The highest BCUT2D eigenvalue weighted by Crippen LogP contribution is 2.41. The molecule has 2 unspecified atom stereocenters. The highest BCUT2D eigenvalue weighted by molar-refractivity contribution is 7.11. The molecule has 2 N–H and O–H groups in total.